The molecule has 1 aromatic carbocycles. The monoisotopic (exact) mass is 382 g/mol. The van der Waals surface area contributed by atoms with Gasteiger partial charge < -0.3 is 14.6 Å². The Morgan fingerprint density at radius 3 is 2.82 bits per heavy atom. The molecule has 1 amide bonds. The lowest BCUT2D eigenvalue weighted by atomic mass is 9.96. The van der Waals surface area contributed by atoms with E-state index in [1.807, 2.05) is 20.8 Å². The van der Waals surface area contributed by atoms with E-state index < -0.39 is 5.82 Å². The minimum absolute atomic E-state index is 0.170. The van der Waals surface area contributed by atoms with Crippen molar-refractivity contribution < 1.29 is 13.6 Å². The van der Waals surface area contributed by atoms with Crippen molar-refractivity contribution in [1.82, 2.24) is 9.97 Å². The molecule has 1 saturated heterocycles. The van der Waals surface area contributed by atoms with E-state index in [2.05, 4.69) is 20.2 Å². The Morgan fingerprint density at radius 2 is 2.04 bits per heavy atom. The van der Waals surface area contributed by atoms with Gasteiger partial charge in [-0.1, -0.05) is 12.1 Å². The smallest absolute Gasteiger partial charge is 0.231 e. The zero-order valence-corrected chi connectivity index (χ0v) is 16.3. The van der Waals surface area contributed by atoms with Crippen LogP contribution in [0.1, 0.15) is 30.0 Å². The molecule has 0 unspecified atom stereocenters. The molecule has 146 valence electrons. The number of aromatic nitrogens is 2. The van der Waals surface area contributed by atoms with Crippen molar-refractivity contribution in [2.24, 2.45) is 5.92 Å². The number of halogens is 1. The third-order valence-electron chi connectivity index (χ3n) is 5.34. The van der Waals surface area contributed by atoms with E-state index >= 15 is 0 Å². The molecular weight excluding hydrogens is 359 g/mol. The molecule has 0 radical (unpaired) electrons. The first-order valence-corrected chi connectivity index (χ1v) is 9.48. The third kappa shape index (κ3) is 3.32. The number of piperidine rings is 1. The molecule has 1 atom stereocenters. The number of benzene rings is 1. The van der Waals surface area contributed by atoms with E-state index in [1.54, 1.807) is 18.2 Å². The fourth-order valence-corrected chi connectivity index (χ4v) is 3.74. The van der Waals surface area contributed by atoms with Gasteiger partial charge in [0.05, 0.1) is 17.0 Å². The van der Waals surface area contributed by atoms with E-state index in [9.17, 15) is 9.18 Å². The van der Waals surface area contributed by atoms with Gasteiger partial charge in [-0.2, -0.15) is 4.98 Å². The van der Waals surface area contributed by atoms with Gasteiger partial charge in [0.1, 0.15) is 23.2 Å². The molecule has 0 bridgehead atoms. The zero-order chi connectivity index (χ0) is 19.8. The number of rotatable bonds is 3. The van der Waals surface area contributed by atoms with Crippen molar-refractivity contribution in [1.29, 1.82) is 0 Å². The number of amides is 1. The fraction of sp³-hybridized carbons (Fsp3) is 0.381. The van der Waals surface area contributed by atoms with Gasteiger partial charge in [-0.25, -0.2) is 9.37 Å². The molecular formula is C21H23FN4O2. The molecule has 0 aliphatic carbocycles. The third-order valence-corrected chi connectivity index (χ3v) is 5.34. The van der Waals surface area contributed by atoms with E-state index in [4.69, 9.17) is 4.42 Å². The summed E-state index contributed by atoms with van der Waals surface area (Å²) in [5, 5.41) is 3.63. The first-order chi connectivity index (χ1) is 13.4. The van der Waals surface area contributed by atoms with E-state index in [0.717, 1.165) is 41.9 Å². The highest BCUT2D eigenvalue weighted by molar-refractivity contribution is 5.94. The van der Waals surface area contributed by atoms with Gasteiger partial charge in [-0.15, -0.1) is 0 Å². The second kappa shape index (κ2) is 7.22. The van der Waals surface area contributed by atoms with Crippen LogP contribution in [0, 0.1) is 32.5 Å². The second-order valence-corrected chi connectivity index (χ2v) is 7.31. The van der Waals surface area contributed by atoms with Crippen LogP contribution in [0.2, 0.25) is 0 Å². The largest absolute Gasteiger partial charge is 0.443 e. The maximum atomic E-state index is 13.9. The quantitative estimate of drug-likeness (QED) is 0.737. The average Bonchev–Trinajstić information content (AvgIpc) is 2.96. The van der Waals surface area contributed by atoms with Gasteiger partial charge in [-0.05, 0) is 45.7 Å². The predicted octanol–water partition coefficient (Wildman–Crippen LogP) is 4.14. The molecule has 7 heteroatoms. The summed E-state index contributed by atoms with van der Waals surface area (Å²) in [6, 6.07) is 6.22. The summed E-state index contributed by atoms with van der Waals surface area (Å²) in [4.78, 5) is 23.9. The summed E-state index contributed by atoms with van der Waals surface area (Å²) >= 11 is 0. The van der Waals surface area contributed by atoms with Gasteiger partial charge in [0, 0.05) is 18.7 Å². The molecule has 28 heavy (non-hydrogen) atoms. The minimum atomic E-state index is -0.429. The Hall–Kier alpha value is -2.96. The molecule has 3 aromatic rings. The van der Waals surface area contributed by atoms with Crippen molar-refractivity contribution >= 4 is 28.5 Å². The van der Waals surface area contributed by atoms with E-state index in [0.29, 0.717) is 18.1 Å². The lowest BCUT2D eigenvalue weighted by molar-refractivity contribution is -0.120. The number of nitrogens with one attached hydrogen (secondary N) is 1. The van der Waals surface area contributed by atoms with Crippen molar-refractivity contribution in [3.05, 3.63) is 47.2 Å². The van der Waals surface area contributed by atoms with E-state index in [1.165, 1.54) is 6.07 Å². The molecule has 3 heterocycles. The number of fused-ring (bicyclic) bond motifs is 1. The van der Waals surface area contributed by atoms with Crippen LogP contribution in [0.5, 0.6) is 0 Å². The minimum Gasteiger partial charge on any atom is -0.443 e. The molecule has 4 rings (SSSR count). The number of para-hydroxylation sites is 1. The second-order valence-electron chi connectivity index (χ2n) is 7.31. The number of nitrogens with zero attached hydrogens (tertiary/aromatic N) is 3. The van der Waals surface area contributed by atoms with Crippen LogP contribution in [0.4, 0.5) is 15.9 Å². The summed E-state index contributed by atoms with van der Waals surface area (Å²) in [5.41, 5.74) is 1.81. The normalized spacial score (nSPS) is 17.1. The number of aryl methyl sites for hydroxylation is 3. The van der Waals surface area contributed by atoms with E-state index in [-0.39, 0.29) is 17.5 Å². The summed E-state index contributed by atoms with van der Waals surface area (Å²) in [5.74, 6) is 1.42. The lowest BCUT2D eigenvalue weighted by Gasteiger charge is -2.33. The van der Waals surface area contributed by atoms with Gasteiger partial charge in [0.15, 0.2) is 0 Å². The Balaban J connectivity index is 1.60. The fourth-order valence-electron chi connectivity index (χ4n) is 3.74. The van der Waals surface area contributed by atoms with Crippen LogP contribution >= 0.6 is 0 Å². The lowest BCUT2D eigenvalue weighted by Crippen LogP contribution is -2.41. The van der Waals surface area contributed by atoms with Crippen LogP contribution in [-0.2, 0) is 4.79 Å². The van der Waals surface area contributed by atoms with Crippen molar-refractivity contribution in [3.8, 4) is 0 Å². The molecule has 0 saturated carbocycles. The zero-order valence-electron chi connectivity index (χ0n) is 16.3. The van der Waals surface area contributed by atoms with Gasteiger partial charge >= 0.3 is 0 Å². The Kier molecular flexibility index (Phi) is 4.75. The summed E-state index contributed by atoms with van der Waals surface area (Å²) in [6.07, 6.45) is 1.61. The van der Waals surface area contributed by atoms with Gasteiger partial charge in [-0.3, -0.25) is 4.79 Å². The molecule has 1 aliphatic rings. The predicted molar refractivity (Wildman–Crippen MR) is 106 cm³/mol. The average molecular weight is 382 g/mol. The van der Waals surface area contributed by atoms with Crippen molar-refractivity contribution in [2.75, 3.05) is 23.3 Å². The molecule has 1 N–H and O–H groups in total. The maximum Gasteiger partial charge on any atom is 0.231 e. The number of hydrogen-bond acceptors (Lipinski definition) is 5. The van der Waals surface area contributed by atoms with Crippen LogP contribution in [0.15, 0.2) is 28.7 Å². The Bertz CT molecular complexity index is 1050. The maximum absolute atomic E-state index is 13.9. The first-order valence-electron chi connectivity index (χ1n) is 9.48. The van der Waals surface area contributed by atoms with Crippen LogP contribution < -0.4 is 10.2 Å². The molecule has 1 fully saturated rings. The Morgan fingerprint density at radius 1 is 1.25 bits per heavy atom. The first kappa shape index (κ1) is 18.4. The molecule has 1 aliphatic heterocycles. The highest BCUT2D eigenvalue weighted by Crippen LogP contribution is 2.33. The molecule has 6 nitrogen and oxygen atoms in total. The van der Waals surface area contributed by atoms with Gasteiger partial charge in [0.25, 0.3) is 0 Å². The summed E-state index contributed by atoms with van der Waals surface area (Å²) in [6.45, 7) is 7.07. The van der Waals surface area contributed by atoms with Crippen LogP contribution in [-0.4, -0.2) is 29.0 Å². The SMILES string of the molecule is Cc1nc(N2CCC[C@@H](C(=O)Nc3ccccc3F)C2)c2c(C)c(C)oc2n1. The molecule has 0 spiro atoms. The highest BCUT2D eigenvalue weighted by atomic mass is 19.1. The highest BCUT2D eigenvalue weighted by Gasteiger charge is 2.29. The van der Waals surface area contributed by atoms with Gasteiger partial charge in [0.2, 0.25) is 11.6 Å². The van der Waals surface area contributed by atoms with Crippen LogP contribution in [0.3, 0.4) is 0 Å². The topological polar surface area (TPSA) is 71.3 Å². The number of carbonyl (C=O) groups excluding carboxylic acids is 1. The Labute approximate surface area is 162 Å². The van der Waals surface area contributed by atoms with Crippen LogP contribution in [0.25, 0.3) is 11.1 Å². The summed E-state index contributed by atoms with van der Waals surface area (Å²) < 4.78 is 19.7. The number of hydrogen-bond donors (Lipinski definition) is 1. The standard InChI is InChI=1S/C21H23FN4O2/c1-12-13(2)28-21-18(12)19(23-14(3)24-21)26-10-6-7-15(11-26)20(27)25-17-9-5-4-8-16(17)22/h4-5,8-9,15H,6-7,10-11H2,1-3H3,(H,25,27)/t15-/m1/s1. The number of anilines is 2. The van der Waals surface area contributed by atoms with Crippen molar-refractivity contribution in [3.63, 3.8) is 0 Å². The molecule has 2 aromatic heterocycles. The van der Waals surface area contributed by atoms with Crippen molar-refractivity contribution in [2.45, 2.75) is 33.6 Å². The number of furan rings is 1. The number of carbonyl (C=O) groups is 1. The summed E-state index contributed by atoms with van der Waals surface area (Å²) in [7, 11) is 0.